The minimum absolute atomic E-state index is 0.124. The lowest BCUT2D eigenvalue weighted by Gasteiger charge is -2.30. The Labute approximate surface area is 79.5 Å². The molecule has 76 valence electrons. The number of carbonyl (C=O) groups excluding carboxylic acids is 2. The fourth-order valence-electron chi connectivity index (χ4n) is 0.825. The van der Waals surface area contributed by atoms with E-state index in [1.807, 2.05) is 27.7 Å². The monoisotopic (exact) mass is 186 g/mol. The minimum Gasteiger partial charge on any atom is -0.325 e. The average Bonchev–Trinajstić information content (AvgIpc) is 2.05. The molecule has 0 N–H and O–H groups in total. The van der Waals surface area contributed by atoms with Gasteiger partial charge in [-0.1, -0.05) is 0 Å². The first kappa shape index (κ1) is 11.9. The van der Waals surface area contributed by atoms with E-state index in [0.717, 1.165) is 12.8 Å². The van der Waals surface area contributed by atoms with Gasteiger partial charge in [-0.2, -0.15) is 0 Å². The van der Waals surface area contributed by atoms with E-state index in [1.54, 1.807) is 9.80 Å². The Morgan fingerprint density at radius 1 is 0.923 bits per heavy atom. The van der Waals surface area contributed by atoms with Crippen molar-refractivity contribution in [3.8, 4) is 0 Å². The predicted octanol–water partition coefficient (Wildman–Crippen LogP) is 0.677. The molecule has 0 rings (SSSR count). The molecule has 4 heteroatoms. The molecule has 0 aromatic heterocycles. The van der Waals surface area contributed by atoms with E-state index < -0.39 is 0 Å². The molecule has 13 heavy (non-hydrogen) atoms. The third-order valence-electron chi connectivity index (χ3n) is 1.92. The maximum atomic E-state index is 10.6. The second-order valence-electron chi connectivity index (χ2n) is 3.57. The highest BCUT2D eigenvalue weighted by molar-refractivity contribution is 5.51. The van der Waals surface area contributed by atoms with E-state index in [4.69, 9.17) is 0 Å². The normalized spacial score (nSPS) is 10.3. The summed E-state index contributed by atoms with van der Waals surface area (Å²) < 4.78 is 0. The van der Waals surface area contributed by atoms with Crippen LogP contribution in [0, 0.1) is 0 Å². The van der Waals surface area contributed by atoms with Gasteiger partial charge in [0.05, 0.1) is 6.67 Å². The van der Waals surface area contributed by atoms with Crippen molar-refractivity contribution in [3.63, 3.8) is 0 Å². The average molecular weight is 186 g/mol. The van der Waals surface area contributed by atoms with Crippen LogP contribution in [0.15, 0.2) is 0 Å². The number of hydrogen-bond donors (Lipinski definition) is 0. The summed E-state index contributed by atoms with van der Waals surface area (Å²) in [5.41, 5.74) is 0. The summed E-state index contributed by atoms with van der Waals surface area (Å²) in [4.78, 5) is 24.4. The first-order valence-electron chi connectivity index (χ1n) is 4.45. The number of carbonyl (C=O) groups is 2. The molecule has 0 saturated heterocycles. The Morgan fingerprint density at radius 3 is 1.38 bits per heavy atom. The van der Waals surface area contributed by atoms with Crippen LogP contribution in [-0.2, 0) is 9.59 Å². The molecule has 0 unspecified atom stereocenters. The van der Waals surface area contributed by atoms with Crippen molar-refractivity contribution in [2.75, 3.05) is 6.67 Å². The van der Waals surface area contributed by atoms with Crippen molar-refractivity contribution in [1.82, 2.24) is 9.80 Å². The van der Waals surface area contributed by atoms with Crippen LogP contribution in [0.2, 0.25) is 0 Å². The van der Waals surface area contributed by atoms with E-state index in [-0.39, 0.29) is 12.1 Å². The van der Waals surface area contributed by atoms with Gasteiger partial charge in [0.2, 0.25) is 12.8 Å². The van der Waals surface area contributed by atoms with Gasteiger partial charge in [-0.05, 0) is 27.7 Å². The standard InChI is InChI=1S/C9H18N2O2/c1-8(2)10(6-12)5-11(7-13)9(3)4/h6-9H,5H2,1-4H3. The van der Waals surface area contributed by atoms with Crippen molar-refractivity contribution in [1.29, 1.82) is 0 Å². The zero-order chi connectivity index (χ0) is 10.4. The van der Waals surface area contributed by atoms with E-state index in [2.05, 4.69) is 0 Å². The van der Waals surface area contributed by atoms with Crippen LogP contribution in [0.3, 0.4) is 0 Å². The molecule has 0 aliphatic carbocycles. The molecular formula is C9H18N2O2. The lowest BCUT2D eigenvalue weighted by molar-refractivity contribution is -0.128. The zero-order valence-corrected chi connectivity index (χ0v) is 8.73. The predicted molar refractivity (Wildman–Crippen MR) is 50.9 cm³/mol. The van der Waals surface area contributed by atoms with Gasteiger partial charge < -0.3 is 9.80 Å². The second kappa shape index (κ2) is 5.56. The van der Waals surface area contributed by atoms with E-state index in [9.17, 15) is 9.59 Å². The molecule has 0 bridgehead atoms. The van der Waals surface area contributed by atoms with Crippen molar-refractivity contribution < 1.29 is 9.59 Å². The number of nitrogens with zero attached hydrogens (tertiary/aromatic N) is 2. The SMILES string of the molecule is CC(C)N(C=O)CN(C=O)C(C)C. The largest absolute Gasteiger partial charge is 0.325 e. The Bertz CT molecular complexity index is 151. The van der Waals surface area contributed by atoms with Crippen molar-refractivity contribution in [2.24, 2.45) is 0 Å². The fourth-order valence-corrected chi connectivity index (χ4v) is 0.825. The summed E-state index contributed by atoms with van der Waals surface area (Å²) in [5.74, 6) is 0. The molecule has 0 aromatic rings. The molecule has 0 aromatic carbocycles. The van der Waals surface area contributed by atoms with Gasteiger partial charge in [0.15, 0.2) is 0 Å². The first-order chi connectivity index (χ1) is 6.02. The van der Waals surface area contributed by atoms with Crippen molar-refractivity contribution in [3.05, 3.63) is 0 Å². The second-order valence-corrected chi connectivity index (χ2v) is 3.57. The third-order valence-corrected chi connectivity index (χ3v) is 1.92. The van der Waals surface area contributed by atoms with Crippen LogP contribution in [0.5, 0.6) is 0 Å². The smallest absolute Gasteiger partial charge is 0.211 e. The molecule has 0 saturated carbocycles. The third kappa shape index (κ3) is 3.92. The van der Waals surface area contributed by atoms with Crippen LogP contribution in [0.4, 0.5) is 0 Å². The van der Waals surface area contributed by atoms with Crippen LogP contribution in [0.25, 0.3) is 0 Å². The summed E-state index contributed by atoms with van der Waals surface area (Å²) in [6, 6.07) is 0.248. The molecule has 2 amide bonds. The Hall–Kier alpha value is -1.06. The maximum absolute atomic E-state index is 10.6. The molecule has 0 radical (unpaired) electrons. The number of rotatable bonds is 6. The minimum atomic E-state index is 0.124. The quantitative estimate of drug-likeness (QED) is 0.452. The summed E-state index contributed by atoms with van der Waals surface area (Å²) in [6.45, 7) is 8.02. The van der Waals surface area contributed by atoms with Gasteiger partial charge in [0.1, 0.15) is 0 Å². The van der Waals surface area contributed by atoms with Crippen molar-refractivity contribution >= 4 is 12.8 Å². The molecule has 0 fully saturated rings. The summed E-state index contributed by atoms with van der Waals surface area (Å²) in [6.07, 6.45) is 1.53. The Balaban J connectivity index is 4.19. The topological polar surface area (TPSA) is 40.6 Å². The van der Waals surface area contributed by atoms with Crippen LogP contribution < -0.4 is 0 Å². The van der Waals surface area contributed by atoms with Crippen molar-refractivity contribution in [2.45, 2.75) is 39.8 Å². The van der Waals surface area contributed by atoms with Crippen LogP contribution in [-0.4, -0.2) is 41.4 Å². The maximum Gasteiger partial charge on any atom is 0.211 e. The molecular weight excluding hydrogens is 168 g/mol. The van der Waals surface area contributed by atoms with Gasteiger partial charge in [-0.3, -0.25) is 9.59 Å². The highest BCUT2D eigenvalue weighted by Gasteiger charge is 2.12. The summed E-state index contributed by atoms with van der Waals surface area (Å²) in [5, 5.41) is 0. The number of hydrogen-bond acceptors (Lipinski definition) is 2. The highest BCUT2D eigenvalue weighted by atomic mass is 16.1. The Morgan fingerprint density at radius 2 is 1.23 bits per heavy atom. The molecule has 0 atom stereocenters. The van der Waals surface area contributed by atoms with E-state index in [1.165, 1.54) is 0 Å². The zero-order valence-electron chi connectivity index (χ0n) is 8.73. The molecule has 0 spiro atoms. The molecule has 0 heterocycles. The van der Waals surface area contributed by atoms with Gasteiger partial charge in [-0.25, -0.2) is 0 Å². The van der Waals surface area contributed by atoms with Gasteiger partial charge in [-0.15, -0.1) is 0 Å². The number of amides is 2. The van der Waals surface area contributed by atoms with E-state index in [0.29, 0.717) is 6.67 Å². The van der Waals surface area contributed by atoms with Crippen LogP contribution >= 0.6 is 0 Å². The van der Waals surface area contributed by atoms with Gasteiger partial charge in [0.25, 0.3) is 0 Å². The Kier molecular flexibility index (Phi) is 5.11. The first-order valence-corrected chi connectivity index (χ1v) is 4.45. The molecule has 4 nitrogen and oxygen atoms in total. The fraction of sp³-hybridized carbons (Fsp3) is 0.778. The van der Waals surface area contributed by atoms with E-state index >= 15 is 0 Å². The van der Waals surface area contributed by atoms with Crippen LogP contribution in [0.1, 0.15) is 27.7 Å². The highest BCUT2D eigenvalue weighted by Crippen LogP contribution is 2.00. The lowest BCUT2D eigenvalue weighted by Crippen LogP contribution is -2.43. The van der Waals surface area contributed by atoms with Gasteiger partial charge >= 0.3 is 0 Å². The molecule has 0 aliphatic heterocycles. The lowest BCUT2D eigenvalue weighted by atomic mass is 10.3. The summed E-state index contributed by atoms with van der Waals surface area (Å²) in [7, 11) is 0. The summed E-state index contributed by atoms with van der Waals surface area (Å²) >= 11 is 0. The van der Waals surface area contributed by atoms with Gasteiger partial charge in [0, 0.05) is 12.1 Å². The molecule has 0 aliphatic rings.